The minimum Gasteiger partial charge on any atom is -0.408 e. The zero-order chi connectivity index (χ0) is 22.8. The first-order chi connectivity index (χ1) is 14.6. The van der Waals surface area contributed by atoms with E-state index in [0.717, 1.165) is 4.90 Å². The second kappa shape index (κ2) is 9.29. The van der Waals surface area contributed by atoms with E-state index in [0.29, 0.717) is 17.6 Å². The Morgan fingerprint density at radius 1 is 1.19 bits per heavy atom. The largest absolute Gasteiger partial charge is 0.419 e. The van der Waals surface area contributed by atoms with E-state index in [9.17, 15) is 18.0 Å². The molecule has 31 heavy (non-hydrogen) atoms. The summed E-state index contributed by atoms with van der Waals surface area (Å²) in [5.41, 5.74) is 1.24. The summed E-state index contributed by atoms with van der Waals surface area (Å²) in [5.74, 6) is -0.949. The van der Waals surface area contributed by atoms with E-state index in [4.69, 9.17) is 4.42 Å². The Kier molecular flexibility index (Phi) is 6.93. The standard InChI is InChI=1S/C21H25N3O5S2/c1-13(2)10-17(20(25)22-14-6-5-7-15(11-14)30-4)23-31(27,28)16-8-9-18-19(12-16)29-21(26)24(18)3/h5-9,11-13,17,23H,10H2,1-4H3,(H,22,25)/t17-/m0/s1. The third-order valence-electron chi connectivity index (χ3n) is 4.73. The molecule has 166 valence electrons. The van der Waals surface area contributed by atoms with E-state index in [-0.39, 0.29) is 16.4 Å². The van der Waals surface area contributed by atoms with Crippen LogP contribution in [0.5, 0.6) is 0 Å². The van der Waals surface area contributed by atoms with Crippen molar-refractivity contribution >= 4 is 44.5 Å². The average molecular weight is 464 g/mol. The van der Waals surface area contributed by atoms with Gasteiger partial charge in [0, 0.05) is 23.7 Å². The van der Waals surface area contributed by atoms with Crippen molar-refractivity contribution in [2.45, 2.75) is 36.1 Å². The topological polar surface area (TPSA) is 110 Å². The van der Waals surface area contributed by atoms with Gasteiger partial charge in [0.1, 0.15) is 6.04 Å². The van der Waals surface area contributed by atoms with Crippen LogP contribution in [0, 0.1) is 5.92 Å². The molecule has 0 aliphatic rings. The molecule has 1 heterocycles. The van der Waals surface area contributed by atoms with Crippen LogP contribution in [0.4, 0.5) is 5.69 Å². The number of nitrogens with zero attached hydrogens (tertiary/aromatic N) is 1. The molecule has 0 aliphatic heterocycles. The third kappa shape index (κ3) is 5.38. The van der Waals surface area contributed by atoms with Gasteiger partial charge in [0.25, 0.3) is 0 Å². The van der Waals surface area contributed by atoms with Crippen molar-refractivity contribution in [3.8, 4) is 0 Å². The van der Waals surface area contributed by atoms with Crippen molar-refractivity contribution in [2.24, 2.45) is 13.0 Å². The van der Waals surface area contributed by atoms with E-state index in [2.05, 4.69) is 10.0 Å². The SMILES string of the molecule is CSc1cccc(NC(=O)[C@H](CC(C)C)NS(=O)(=O)c2ccc3c(c2)oc(=O)n3C)c1. The molecular formula is C21H25N3O5S2. The van der Waals surface area contributed by atoms with Gasteiger partial charge in [-0.1, -0.05) is 19.9 Å². The Morgan fingerprint density at radius 2 is 1.94 bits per heavy atom. The van der Waals surface area contributed by atoms with Gasteiger partial charge in [-0.25, -0.2) is 13.2 Å². The molecule has 8 nitrogen and oxygen atoms in total. The number of fused-ring (bicyclic) bond motifs is 1. The second-order valence-electron chi connectivity index (χ2n) is 7.58. The lowest BCUT2D eigenvalue weighted by Crippen LogP contribution is -2.44. The first-order valence-corrected chi connectivity index (χ1v) is 12.4. The third-order valence-corrected chi connectivity index (χ3v) is 6.93. The number of thioether (sulfide) groups is 1. The van der Waals surface area contributed by atoms with Crippen LogP contribution in [0.2, 0.25) is 0 Å². The van der Waals surface area contributed by atoms with Gasteiger partial charge in [0.15, 0.2) is 5.58 Å². The fourth-order valence-corrected chi connectivity index (χ4v) is 4.83. The smallest absolute Gasteiger partial charge is 0.408 e. The van der Waals surface area contributed by atoms with Gasteiger partial charge in [-0.15, -0.1) is 11.8 Å². The molecule has 1 aromatic heterocycles. The van der Waals surface area contributed by atoms with Crippen LogP contribution in [0.15, 0.2) is 61.5 Å². The molecule has 3 aromatic rings. The van der Waals surface area contributed by atoms with Gasteiger partial charge >= 0.3 is 5.76 Å². The van der Waals surface area contributed by atoms with E-state index < -0.39 is 27.7 Å². The van der Waals surface area contributed by atoms with Crippen LogP contribution in [0.25, 0.3) is 11.1 Å². The highest BCUT2D eigenvalue weighted by molar-refractivity contribution is 7.98. The maximum absolute atomic E-state index is 13.0. The van der Waals surface area contributed by atoms with Gasteiger partial charge in [0.2, 0.25) is 15.9 Å². The zero-order valence-electron chi connectivity index (χ0n) is 17.7. The number of hydrogen-bond acceptors (Lipinski definition) is 6. The van der Waals surface area contributed by atoms with Crippen molar-refractivity contribution < 1.29 is 17.6 Å². The molecule has 10 heteroatoms. The number of rotatable bonds is 8. The van der Waals surface area contributed by atoms with Gasteiger partial charge < -0.3 is 9.73 Å². The number of sulfonamides is 1. The molecule has 0 saturated heterocycles. The Hall–Kier alpha value is -2.56. The van der Waals surface area contributed by atoms with Crippen molar-refractivity contribution in [1.29, 1.82) is 0 Å². The second-order valence-corrected chi connectivity index (χ2v) is 10.2. The molecule has 0 aliphatic carbocycles. The maximum Gasteiger partial charge on any atom is 0.419 e. The average Bonchev–Trinajstić information content (AvgIpc) is 3.00. The fourth-order valence-electron chi connectivity index (χ4n) is 3.15. The van der Waals surface area contributed by atoms with Crippen molar-refractivity contribution in [1.82, 2.24) is 9.29 Å². The summed E-state index contributed by atoms with van der Waals surface area (Å²) in [6, 6.07) is 10.5. The highest BCUT2D eigenvalue weighted by atomic mass is 32.2. The van der Waals surface area contributed by atoms with Gasteiger partial charge in [-0.2, -0.15) is 4.72 Å². The van der Waals surface area contributed by atoms with Crippen LogP contribution in [-0.2, 0) is 21.9 Å². The number of carbonyl (C=O) groups excluding carboxylic acids is 1. The number of carbonyl (C=O) groups is 1. The van der Waals surface area contributed by atoms with E-state index in [1.54, 1.807) is 17.8 Å². The summed E-state index contributed by atoms with van der Waals surface area (Å²) in [6.45, 7) is 3.82. The number of aryl methyl sites for hydroxylation is 1. The summed E-state index contributed by atoms with van der Waals surface area (Å²) in [4.78, 5) is 25.5. The zero-order valence-corrected chi connectivity index (χ0v) is 19.3. The van der Waals surface area contributed by atoms with Gasteiger partial charge in [-0.05, 0) is 48.9 Å². The van der Waals surface area contributed by atoms with Crippen LogP contribution in [-0.4, -0.2) is 31.2 Å². The number of hydrogen-bond donors (Lipinski definition) is 2. The minimum absolute atomic E-state index is 0.0746. The Morgan fingerprint density at radius 3 is 2.61 bits per heavy atom. The lowest BCUT2D eigenvalue weighted by Gasteiger charge is -2.20. The van der Waals surface area contributed by atoms with Crippen LogP contribution < -0.4 is 15.8 Å². The molecule has 0 unspecified atom stereocenters. The summed E-state index contributed by atoms with van der Waals surface area (Å²) in [7, 11) is -2.50. The predicted molar refractivity (Wildman–Crippen MR) is 122 cm³/mol. The monoisotopic (exact) mass is 463 g/mol. The summed E-state index contributed by atoms with van der Waals surface area (Å²) >= 11 is 1.54. The molecule has 0 bridgehead atoms. The molecule has 3 rings (SSSR count). The van der Waals surface area contributed by atoms with Crippen molar-refractivity contribution in [2.75, 3.05) is 11.6 Å². The molecule has 0 spiro atoms. The summed E-state index contributed by atoms with van der Waals surface area (Å²) in [6.07, 6.45) is 2.25. The molecule has 2 aromatic carbocycles. The summed E-state index contributed by atoms with van der Waals surface area (Å²) < 4.78 is 34.9. The number of anilines is 1. The Balaban J connectivity index is 1.86. The van der Waals surface area contributed by atoms with Crippen LogP contribution in [0.3, 0.4) is 0 Å². The fraction of sp³-hybridized carbons (Fsp3) is 0.333. The first-order valence-electron chi connectivity index (χ1n) is 9.67. The first kappa shape index (κ1) is 23.1. The van der Waals surface area contributed by atoms with E-state index >= 15 is 0 Å². The van der Waals surface area contributed by atoms with Crippen molar-refractivity contribution in [3.05, 3.63) is 53.0 Å². The van der Waals surface area contributed by atoms with Gasteiger partial charge in [0.05, 0.1) is 10.4 Å². The van der Waals surface area contributed by atoms with E-state index in [1.165, 1.54) is 29.8 Å². The summed E-state index contributed by atoms with van der Waals surface area (Å²) in [5, 5.41) is 2.79. The molecule has 1 amide bonds. The minimum atomic E-state index is -4.04. The Labute approximate surface area is 185 Å². The number of benzene rings is 2. The number of aromatic nitrogens is 1. The maximum atomic E-state index is 13.0. The van der Waals surface area contributed by atoms with Crippen LogP contribution in [0.1, 0.15) is 20.3 Å². The van der Waals surface area contributed by atoms with E-state index in [1.807, 2.05) is 38.3 Å². The lowest BCUT2D eigenvalue weighted by molar-refractivity contribution is -0.118. The number of oxazole rings is 1. The number of nitrogens with one attached hydrogen (secondary N) is 2. The highest BCUT2D eigenvalue weighted by Crippen LogP contribution is 2.21. The van der Waals surface area contributed by atoms with Crippen molar-refractivity contribution in [3.63, 3.8) is 0 Å². The lowest BCUT2D eigenvalue weighted by atomic mass is 10.0. The quantitative estimate of drug-likeness (QED) is 0.497. The highest BCUT2D eigenvalue weighted by Gasteiger charge is 2.27. The predicted octanol–water partition coefficient (Wildman–Crippen LogP) is 3.19. The molecule has 1 atom stereocenters. The van der Waals surface area contributed by atoms with Crippen LogP contribution >= 0.6 is 11.8 Å². The normalized spacial score (nSPS) is 12.9. The molecule has 0 radical (unpaired) electrons. The molecular weight excluding hydrogens is 438 g/mol. The number of amides is 1. The van der Waals surface area contributed by atoms with Gasteiger partial charge in [-0.3, -0.25) is 9.36 Å². The Bertz CT molecular complexity index is 1260. The molecule has 2 N–H and O–H groups in total. The molecule has 0 fully saturated rings. The molecule has 0 saturated carbocycles.